The molecule has 0 spiro atoms. The van der Waals surface area contributed by atoms with Crippen molar-refractivity contribution in [2.75, 3.05) is 0 Å². The van der Waals surface area contributed by atoms with E-state index in [0.717, 1.165) is 24.3 Å². The molecule has 6 aromatic rings. The van der Waals surface area contributed by atoms with Gasteiger partial charge in [0.15, 0.2) is 130 Å². The summed E-state index contributed by atoms with van der Waals surface area (Å²) in [5.74, 6) is -49.6. The van der Waals surface area contributed by atoms with Gasteiger partial charge >= 0.3 is 41.9 Å². The van der Waals surface area contributed by atoms with Gasteiger partial charge in [-0.1, -0.05) is 13.8 Å². The second-order valence-corrected chi connectivity index (χ2v) is 23.0. The molecular formula is C42H24B2F20O2SiZr-2. The fourth-order valence-electron chi connectivity index (χ4n) is 5.62. The molecule has 0 saturated carbocycles. The van der Waals surface area contributed by atoms with E-state index in [0.29, 0.717) is 0 Å². The number of hydrogen-bond donors (Lipinski definition) is 0. The van der Waals surface area contributed by atoms with Crippen LogP contribution in [0.15, 0.2) is 73.2 Å². The molecule has 6 aromatic carbocycles. The van der Waals surface area contributed by atoms with Crippen LogP contribution in [-0.2, 0) is 23.3 Å². The predicted molar refractivity (Wildman–Crippen MR) is 205 cm³/mol. The van der Waals surface area contributed by atoms with Gasteiger partial charge in [0.2, 0.25) is 0 Å². The van der Waals surface area contributed by atoms with Crippen LogP contribution in [0.4, 0.5) is 87.8 Å². The van der Waals surface area contributed by atoms with E-state index in [9.17, 15) is 98.0 Å². The molecule has 0 atom stereocenters. The first-order valence-corrected chi connectivity index (χ1v) is 24.2. The third-order valence-corrected chi connectivity index (χ3v) is 8.17. The van der Waals surface area contributed by atoms with Crippen LogP contribution < -0.4 is 43.0 Å². The van der Waals surface area contributed by atoms with Gasteiger partial charge in [-0.05, 0) is 21.9 Å². The van der Waals surface area contributed by atoms with Gasteiger partial charge in [-0.3, -0.25) is 0 Å². The van der Waals surface area contributed by atoms with Gasteiger partial charge in [-0.25, -0.2) is 111 Å². The minimum atomic E-state index is -2.54. The first kappa shape index (κ1) is 58.6. The smallest absolute Gasteiger partial charge is 0.200 e. The van der Waals surface area contributed by atoms with E-state index in [1.165, 1.54) is 38.1 Å². The van der Waals surface area contributed by atoms with Crippen molar-refractivity contribution in [1.82, 2.24) is 0 Å². The normalized spacial score (nSPS) is 10.4. The fraction of sp³-hybridized carbons (Fsp3) is 0.0952. The van der Waals surface area contributed by atoms with Gasteiger partial charge in [0.1, 0.15) is 0 Å². The molecule has 0 bridgehead atoms. The van der Waals surface area contributed by atoms with Gasteiger partial charge in [0.05, 0.1) is 0 Å². The van der Waals surface area contributed by atoms with Crippen molar-refractivity contribution >= 4 is 51.6 Å². The number of rotatable bonds is 6. The van der Waals surface area contributed by atoms with E-state index in [4.69, 9.17) is 0 Å². The van der Waals surface area contributed by atoms with Crippen molar-refractivity contribution in [2.24, 2.45) is 0 Å². The van der Waals surface area contributed by atoms with Crippen molar-refractivity contribution in [1.29, 1.82) is 0 Å². The van der Waals surface area contributed by atoms with Crippen LogP contribution in [0.25, 0.3) is 0 Å². The standard InChI is InChI=1S/2C17H4BF10.2C3H6O.C2H6Si.Zr/c2*19-8-6(9(20)13(24)16(27)12(8)23)18(5-3-1-2-4-5)7-10(21)14(25)17(28)15(26)11(7)22;2*1-3(2)4;1-3-2;/h2*1-4H;2*4H,1H2,2H3;1-2H3;/q2*-1;;;;+2/p-2. The molecule has 2 nitrogen and oxygen atoms in total. The Kier molecular flexibility index (Phi) is 21.3. The van der Waals surface area contributed by atoms with Crippen LogP contribution in [-0.4, -0.2) is 18.9 Å². The summed E-state index contributed by atoms with van der Waals surface area (Å²) in [6.45, 7) is 8.43. The van der Waals surface area contributed by atoms with Gasteiger partial charge in [0.25, 0.3) is 0 Å². The minimum absolute atomic E-state index is 0.0833. The van der Waals surface area contributed by atoms with Gasteiger partial charge < -0.3 is 10.2 Å². The predicted octanol–water partition coefficient (Wildman–Crippen LogP) is 7.17. The number of benzene rings is 4. The summed E-state index contributed by atoms with van der Waals surface area (Å²) in [6, 6.07) is 8.50. The molecule has 0 aliphatic carbocycles. The van der Waals surface area contributed by atoms with Crippen LogP contribution in [0.5, 0.6) is 0 Å². The van der Waals surface area contributed by atoms with Crippen molar-refractivity contribution in [3.05, 3.63) is 190 Å². The molecule has 0 aliphatic rings. The molecule has 0 unspecified atom stereocenters. The van der Waals surface area contributed by atoms with Crippen LogP contribution >= 0.6 is 0 Å². The zero-order valence-corrected chi connectivity index (χ0v) is 38.0. The fourth-order valence-corrected chi connectivity index (χ4v) is 5.62. The Bertz CT molecular complexity index is 2370. The summed E-state index contributed by atoms with van der Waals surface area (Å²) < 4.78 is 276. The molecule has 6 rings (SSSR count). The maximum atomic E-state index is 14.2. The third-order valence-electron chi connectivity index (χ3n) is 8.17. The Morgan fingerprint density at radius 1 is 0.397 bits per heavy atom. The minimum Gasteiger partial charge on any atom is -0.216 e. The maximum Gasteiger partial charge on any atom is 0.200 e. The summed E-state index contributed by atoms with van der Waals surface area (Å²) in [5.41, 5.74) is -7.76. The average molecular weight is 1080 g/mol. The molecule has 0 radical (unpaired) electrons. The first-order valence-electron chi connectivity index (χ1n) is 18.0. The molecule has 0 heterocycles. The number of halogens is 20. The average Bonchev–Trinajstić information content (AvgIpc) is 4.01. The molecule has 0 N–H and O–H groups in total. The third kappa shape index (κ3) is 13.0. The second-order valence-electron chi connectivity index (χ2n) is 13.6. The Morgan fingerprint density at radius 3 is 0.647 bits per heavy atom. The molecular weight excluding hydrogens is 1060 g/mol. The largest absolute Gasteiger partial charge is 0.216 e. The van der Waals surface area contributed by atoms with E-state index in [1.807, 2.05) is 0 Å². The van der Waals surface area contributed by atoms with Crippen LogP contribution in [0.2, 0.25) is 13.1 Å². The second kappa shape index (κ2) is 24.7. The zero-order chi connectivity index (χ0) is 52.6. The van der Waals surface area contributed by atoms with E-state index in [1.54, 1.807) is 23.3 Å². The van der Waals surface area contributed by atoms with Gasteiger partial charge in [-0.15, -0.1) is 24.7 Å². The summed E-state index contributed by atoms with van der Waals surface area (Å²) in [5, 5.41) is 18.7. The van der Waals surface area contributed by atoms with Crippen molar-refractivity contribution < 1.29 is 121 Å². The zero-order valence-electron chi connectivity index (χ0n) is 34.6. The van der Waals surface area contributed by atoms with Crippen molar-refractivity contribution in [2.45, 2.75) is 26.9 Å². The molecule has 0 aromatic heterocycles. The van der Waals surface area contributed by atoms with Crippen LogP contribution in [0.3, 0.4) is 0 Å². The van der Waals surface area contributed by atoms with Gasteiger partial charge in [-0.2, -0.15) is 36.4 Å². The van der Waals surface area contributed by atoms with E-state index >= 15 is 0 Å². The van der Waals surface area contributed by atoms with Gasteiger partial charge in [0, 0.05) is 0 Å². The number of hydrogen-bond acceptors (Lipinski definition) is 2. The van der Waals surface area contributed by atoms with Crippen molar-refractivity contribution in [3.8, 4) is 0 Å². The first-order chi connectivity index (χ1) is 31.4. The molecule has 0 fully saturated rings. The Balaban J connectivity index is 0.000000377. The maximum absolute atomic E-state index is 14.2. The molecule has 0 saturated heterocycles. The SMILES string of the molecule is C=C(C)[O-].C=C(C)[O-].C[Si](C)=[Zr+2].Fc1c(F)c(F)c(B(c2cc[cH-]c2)c2c(F)c(F)c(F)c(F)c2F)c(F)c1F.Fc1c(F)c(F)c(B(c2cc[cH-]c2)c2c(F)c(F)c(F)c(F)c2F)c(F)c1F. The molecule has 360 valence electrons. The number of allylic oxidation sites excluding steroid dienone is 2. The summed E-state index contributed by atoms with van der Waals surface area (Å²) in [6.07, 6.45) is 0. The molecule has 0 amide bonds. The summed E-state index contributed by atoms with van der Waals surface area (Å²) in [4.78, 5) is 0. The quantitative estimate of drug-likeness (QED) is 0.0444. The summed E-state index contributed by atoms with van der Waals surface area (Å²) >= 11 is 1.74. The van der Waals surface area contributed by atoms with Crippen molar-refractivity contribution in [3.63, 3.8) is 0 Å². The van der Waals surface area contributed by atoms with E-state index < -0.39 is 163 Å². The topological polar surface area (TPSA) is 46.1 Å². The van der Waals surface area contributed by atoms with Crippen LogP contribution in [0.1, 0.15) is 13.8 Å². The molecule has 0 aliphatic heterocycles. The Morgan fingerprint density at radius 2 is 0.529 bits per heavy atom. The van der Waals surface area contributed by atoms with E-state index in [2.05, 4.69) is 26.3 Å². The van der Waals surface area contributed by atoms with E-state index in [-0.39, 0.29) is 17.0 Å². The monoisotopic (exact) mass is 1080 g/mol. The van der Waals surface area contributed by atoms with Crippen LogP contribution in [0, 0.1) is 116 Å². The molecule has 68 heavy (non-hydrogen) atoms. The summed E-state index contributed by atoms with van der Waals surface area (Å²) in [7, 11) is 0. The molecule has 26 heteroatoms. The Labute approximate surface area is 388 Å². The Hall–Kier alpha value is -5.51.